The largest absolute Gasteiger partial charge is 0.368 e. The molecule has 2 aromatic rings. The number of amides is 1. The Morgan fingerprint density at radius 3 is 2.89 bits per heavy atom. The lowest BCUT2D eigenvalue weighted by Gasteiger charge is -2.24. The molecule has 0 aliphatic carbocycles. The zero-order valence-corrected chi connectivity index (χ0v) is 11.5. The van der Waals surface area contributed by atoms with Gasteiger partial charge in [0.05, 0.1) is 12.9 Å². The first-order chi connectivity index (χ1) is 8.97. The summed E-state index contributed by atoms with van der Waals surface area (Å²) in [6.07, 6.45) is 1.51. The number of halogens is 1. The van der Waals surface area contributed by atoms with Crippen LogP contribution in [0.4, 0.5) is 5.82 Å². The number of hydrogen-bond donors (Lipinski definition) is 2. The number of nitrogens with zero attached hydrogens (tertiary/aromatic N) is 4. The van der Waals surface area contributed by atoms with Crippen LogP contribution in [0.3, 0.4) is 0 Å². The molecule has 0 atom stereocenters. The molecular weight excluding hydrogens is 268 g/mol. The summed E-state index contributed by atoms with van der Waals surface area (Å²) < 4.78 is 0. The molecular formula is C11H15ClN6O. The van der Waals surface area contributed by atoms with Crippen molar-refractivity contribution in [3.63, 3.8) is 0 Å². The van der Waals surface area contributed by atoms with Crippen molar-refractivity contribution in [2.75, 3.05) is 18.0 Å². The van der Waals surface area contributed by atoms with Crippen molar-refractivity contribution in [2.45, 2.75) is 13.8 Å². The minimum Gasteiger partial charge on any atom is -0.368 e. The number of aromatic nitrogens is 4. The van der Waals surface area contributed by atoms with Gasteiger partial charge in [0, 0.05) is 6.54 Å². The molecule has 2 rings (SSSR count). The van der Waals surface area contributed by atoms with Crippen molar-refractivity contribution in [3.8, 4) is 0 Å². The summed E-state index contributed by atoms with van der Waals surface area (Å²) in [6, 6.07) is 0. The van der Waals surface area contributed by atoms with E-state index in [4.69, 9.17) is 17.3 Å². The van der Waals surface area contributed by atoms with Crippen molar-refractivity contribution in [2.24, 2.45) is 11.7 Å². The predicted octanol–water partition coefficient (Wildman–Crippen LogP) is 0.954. The molecule has 0 aliphatic heterocycles. The van der Waals surface area contributed by atoms with Crippen LogP contribution in [0.25, 0.3) is 11.2 Å². The van der Waals surface area contributed by atoms with Gasteiger partial charge in [-0.1, -0.05) is 13.8 Å². The number of anilines is 1. The van der Waals surface area contributed by atoms with Crippen molar-refractivity contribution >= 4 is 34.5 Å². The molecule has 0 saturated heterocycles. The third kappa shape index (κ3) is 3.11. The van der Waals surface area contributed by atoms with E-state index in [-0.39, 0.29) is 11.8 Å². The lowest BCUT2D eigenvalue weighted by Crippen LogP contribution is -2.37. The Kier molecular flexibility index (Phi) is 3.84. The SMILES string of the molecule is CC(C)CN(CC(N)=O)c1nc(Cl)nc2nc[nH]c12. The molecule has 0 saturated carbocycles. The quantitative estimate of drug-likeness (QED) is 0.795. The minimum atomic E-state index is -0.428. The number of carbonyl (C=O) groups excluding carboxylic acids is 1. The van der Waals surface area contributed by atoms with Crippen LogP contribution in [-0.4, -0.2) is 38.9 Å². The maximum atomic E-state index is 11.2. The molecule has 0 spiro atoms. The van der Waals surface area contributed by atoms with Gasteiger partial charge in [0.1, 0.15) is 5.52 Å². The van der Waals surface area contributed by atoms with Gasteiger partial charge in [-0.05, 0) is 17.5 Å². The molecule has 7 nitrogen and oxygen atoms in total. The lowest BCUT2D eigenvalue weighted by molar-refractivity contribution is -0.116. The molecule has 0 unspecified atom stereocenters. The zero-order chi connectivity index (χ0) is 14.0. The maximum absolute atomic E-state index is 11.2. The van der Waals surface area contributed by atoms with E-state index in [1.807, 2.05) is 13.8 Å². The molecule has 0 fully saturated rings. The number of carbonyl (C=O) groups is 1. The Hall–Kier alpha value is -1.89. The second-order valence-electron chi connectivity index (χ2n) is 4.66. The van der Waals surface area contributed by atoms with Crippen LogP contribution in [0.5, 0.6) is 0 Å². The molecule has 8 heteroatoms. The Morgan fingerprint density at radius 1 is 1.53 bits per heavy atom. The molecule has 2 aromatic heterocycles. The molecule has 0 radical (unpaired) electrons. The van der Waals surface area contributed by atoms with Gasteiger partial charge in [-0.3, -0.25) is 4.79 Å². The Labute approximate surface area is 115 Å². The summed E-state index contributed by atoms with van der Waals surface area (Å²) in [7, 11) is 0. The highest BCUT2D eigenvalue weighted by atomic mass is 35.5. The number of nitrogens with one attached hydrogen (secondary N) is 1. The summed E-state index contributed by atoms with van der Waals surface area (Å²) in [5.74, 6) is 0.453. The molecule has 0 aromatic carbocycles. The Bertz CT molecular complexity index is 596. The Balaban J connectivity index is 2.47. The third-order valence-electron chi connectivity index (χ3n) is 2.47. The molecule has 0 aliphatic rings. The first-order valence-corrected chi connectivity index (χ1v) is 6.25. The van der Waals surface area contributed by atoms with Gasteiger partial charge < -0.3 is 15.6 Å². The summed E-state index contributed by atoms with van der Waals surface area (Å²) in [5.41, 5.74) is 6.39. The highest BCUT2D eigenvalue weighted by Gasteiger charge is 2.18. The van der Waals surface area contributed by atoms with Crippen LogP contribution in [-0.2, 0) is 4.79 Å². The summed E-state index contributed by atoms with van der Waals surface area (Å²) >= 11 is 5.88. The van der Waals surface area contributed by atoms with Crippen LogP contribution < -0.4 is 10.6 Å². The van der Waals surface area contributed by atoms with Crippen molar-refractivity contribution in [1.82, 2.24) is 19.9 Å². The van der Waals surface area contributed by atoms with Crippen LogP contribution in [0.2, 0.25) is 5.28 Å². The number of rotatable bonds is 5. The monoisotopic (exact) mass is 282 g/mol. The number of primary amides is 1. The second-order valence-corrected chi connectivity index (χ2v) is 5.00. The van der Waals surface area contributed by atoms with E-state index in [1.165, 1.54) is 6.33 Å². The predicted molar refractivity (Wildman–Crippen MR) is 72.9 cm³/mol. The summed E-state index contributed by atoms with van der Waals surface area (Å²) in [6.45, 7) is 4.78. The summed E-state index contributed by atoms with van der Waals surface area (Å²) in [4.78, 5) is 28.2. The third-order valence-corrected chi connectivity index (χ3v) is 2.64. The van der Waals surface area contributed by atoms with E-state index >= 15 is 0 Å². The van der Waals surface area contributed by atoms with Gasteiger partial charge >= 0.3 is 0 Å². The number of imidazole rings is 1. The van der Waals surface area contributed by atoms with Gasteiger partial charge in [-0.15, -0.1) is 0 Å². The van der Waals surface area contributed by atoms with Gasteiger partial charge in [-0.2, -0.15) is 9.97 Å². The molecule has 0 bridgehead atoms. The minimum absolute atomic E-state index is 0.0691. The fourth-order valence-electron chi connectivity index (χ4n) is 1.88. The Morgan fingerprint density at radius 2 is 2.26 bits per heavy atom. The molecule has 102 valence electrons. The van der Waals surface area contributed by atoms with E-state index < -0.39 is 5.91 Å². The van der Waals surface area contributed by atoms with Crippen molar-refractivity contribution in [1.29, 1.82) is 0 Å². The van der Waals surface area contributed by atoms with Gasteiger partial charge in [0.2, 0.25) is 11.2 Å². The number of nitrogens with two attached hydrogens (primary N) is 1. The smallest absolute Gasteiger partial charge is 0.236 e. The average Bonchev–Trinajstić information content (AvgIpc) is 2.73. The van der Waals surface area contributed by atoms with Crippen LogP contribution >= 0.6 is 11.6 Å². The van der Waals surface area contributed by atoms with E-state index in [0.717, 1.165) is 0 Å². The van der Waals surface area contributed by atoms with Crippen molar-refractivity contribution < 1.29 is 4.79 Å². The van der Waals surface area contributed by atoms with Gasteiger partial charge in [0.25, 0.3) is 0 Å². The topological polar surface area (TPSA) is 101 Å². The van der Waals surface area contributed by atoms with Gasteiger partial charge in [-0.25, -0.2) is 4.98 Å². The van der Waals surface area contributed by atoms with Crippen LogP contribution in [0, 0.1) is 5.92 Å². The zero-order valence-electron chi connectivity index (χ0n) is 10.7. The van der Waals surface area contributed by atoms with Gasteiger partial charge in [0.15, 0.2) is 11.5 Å². The number of fused-ring (bicyclic) bond motifs is 1. The van der Waals surface area contributed by atoms with Crippen LogP contribution in [0.1, 0.15) is 13.8 Å². The lowest BCUT2D eigenvalue weighted by atomic mass is 10.2. The first-order valence-electron chi connectivity index (χ1n) is 5.87. The fourth-order valence-corrected chi connectivity index (χ4v) is 2.04. The highest BCUT2D eigenvalue weighted by Crippen LogP contribution is 2.23. The van der Waals surface area contributed by atoms with Crippen molar-refractivity contribution in [3.05, 3.63) is 11.6 Å². The van der Waals surface area contributed by atoms with E-state index in [2.05, 4.69) is 19.9 Å². The molecule has 1 amide bonds. The molecule has 19 heavy (non-hydrogen) atoms. The number of aromatic amines is 1. The maximum Gasteiger partial charge on any atom is 0.236 e. The molecule has 3 N–H and O–H groups in total. The number of H-pyrrole nitrogens is 1. The highest BCUT2D eigenvalue weighted by molar-refractivity contribution is 6.28. The van der Waals surface area contributed by atoms with E-state index in [0.29, 0.717) is 29.4 Å². The standard InChI is InChI=1S/C11H15ClN6O/c1-6(2)3-18(4-7(13)19)10-8-9(15-5-14-8)16-11(12)17-10/h5-6H,3-4H2,1-2H3,(H2,13,19)(H,14,15,16,17). The van der Waals surface area contributed by atoms with E-state index in [1.54, 1.807) is 4.90 Å². The molecule has 2 heterocycles. The second kappa shape index (κ2) is 5.40. The fraction of sp³-hybridized carbons (Fsp3) is 0.455. The van der Waals surface area contributed by atoms with Crippen LogP contribution in [0.15, 0.2) is 6.33 Å². The number of hydrogen-bond acceptors (Lipinski definition) is 5. The van der Waals surface area contributed by atoms with E-state index in [9.17, 15) is 4.79 Å². The summed E-state index contributed by atoms with van der Waals surface area (Å²) in [5, 5.41) is 0.0906. The normalized spacial score (nSPS) is 11.2. The average molecular weight is 283 g/mol. The first kappa shape index (κ1) is 13.5.